The first-order valence-corrected chi connectivity index (χ1v) is 12.4. The van der Waals surface area contributed by atoms with Crippen LogP contribution in [0.1, 0.15) is 64.4 Å². The summed E-state index contributed by atoms with van der Waals surface area (Å²) in [7, 11) is 0. The fourth-order valence-corrected chi connectivity index (χ4v) is 4.95. The topological polar surface area (TPSA) is 110 Å². The van der Waals surface area contributed by atoms with E-state index < -0.39 is 11.4 Å². The minimum atomic E-state index is -1.51. The van der Waals surface area contributed by atoms with Gasteiger partial charge in [-0.25, -0.2) is 23.7 Å². The first-order chi connectivity index (χ1) is 17.4. The summed E-state index contributed by atoms with van der Waals surface area (Å²) in [5.74, 6) is -0.0402. The van der Waals surface area contributed by atoms with Crippen LogP contribution in [0.3, 0.4) is 0 Å². The SMILES string of the molecule is CC(C)n1c(=O)c2cnc(Nc3ccc4c(c3)CCNC4(C)C)nc2n1-c1ccc(F)c(C(C)(C)O)n1. The van der Waals surface area contributed by atoms with E-state index in [-0.39, 0.29) is 28.7 Å². The Morgan fingerprint density at radius 3 is 2.65 bits per heavy atom. The first-order valence-electron chi connectivity index (χ1n) is 12.4. The van der Waals surface area contributed by atoms with Gasteiger partial charge in [-0.2, -0.15) is 4.98 Å². The summed E-state index contributed by atoms with van der Waals surface area (Å²) in [6.07, 6.45) is 2.42. The maximum Gasteiger partial charge on any atom is 0.278 e. The summed E-state index contributed by atoms with van der Waals surface area (Å²) < 4.78 is 17.6. The van der Waals surface area contributed by atoms with Crippen molar-refractivity contribution < 1.29 is 9.50 Å². The molecule has 1 aromatic carbocycles. The number of benzene rings is 1. The van der Waals surface area contributed by atoms with Crippen molar-refractivity contribution in [2.24, 2.45) is 0 Å². The summed E-state index contributed by atoms with van der Waals surface area (Å²) >= 11 is 0. The third-order valence-electron chi connectivity index (χ3n) is 6.74. The normalized spacial score (nSPS) is 15.3. The van der Waals surface area contributed by atoms with Crippen LogP contribution in [-0.2, 0) is 17.6 Å². The Hall–Kier alpha value is -3.63. The van der Waals surface area contributed by atoms with Crippen LogP contribution in [0.4, 0.5) is 16.0 Å². The zero-order chi connectivity index (χ0) is 26.7. The lowest BCUT2D eigenvalue weighted by Crippen LogP contribution is -2.42. The molecule has 0 unspecified atom stereocenters. The Morgan fingerprint density at radius 2 is 1.95 bits per heavy atom. The second kappa shape index (κ2) is 8.74. The molecule has 194 valence electrons. The molecule has 4 aromatic rings. The quantitative estimate of drug-likeness (QED) is 0.375. The number of aromatic nitrogens is 5. The summed E-state index contributed by atoms with van der Waals surface area (Å²) in [6, 6.07) is 8.67. The molecule has 0 saturated heterocycles. The van der Waals surface area contributed by atoms with E-state index in [9.17, 15) is 14.3 Å². The zero-order valence-corrected chi connectivity index (χ0v) is 21.9. The van der Waals surface area contributed by atoms with E-state index >= 15 is 0 Å². The van der Waals surface area contributed by atoms with Crippen LogP contribution < -0.4 is 16.2 Å². The molecule has 0 spiro atoms. The summed E-state index contributed by atoms with van der Waals surface area (Å²) in [4.78, 5) is 26.8. The number of fused-ring (bicyclic) bond motifs is 2. The number of nitrogens with zero attached hydrogens (tertiary/aromatic N) is 5. The van der Waals surface area contributed by atoms with Crippen molar-refractivity contribution in [3.05, 3.63) is 69.5 Å². The molecule has 0 aliphatic carbocycles. The fourth-order valence-electron chi connectivity index (χ4n) is 4.95. The van der Waals surface area contributed by atoms with Crippen LogP contribution in [0.15, 0.2) is 41.3 Å². The number of hydrogen-bond donors (Lipinski definition) is 3. The van der Waals surface area contributed by atoms with Crippen LogP contribution in [0.2, 0.25) is 0 Å². The van der Waals surface area contributed by atoms with Gasteiger partial charge in [-0.15, -0.1) is 0 Å². The predicted octanol–water partition coefficient (Wildman–Crippen LogP) is 4.05. The van der Waals surface area contributed by atoms with Crippen LogP contribution in [0.5, 0.6) is 0 Å². The zero-order valence-electron chi connectivity index (χ0n) is 21.9. The highest BCUT2D eigenvalue weighted by molar-refractivity contribution is 5.77. The Kier molecular flexibility index (Phi) is 5.91. The van der Waals surface area contributed by atoms with E-state index in [0.29, 0.717) is 17.0 Å². The van der Waals surface area contributed by atoms with Crippen LogP contribution in [0.25, 0.3) is 16.9 Å². The number of aliphatic hydroxyl groups is 1. The lowest BCUT2D eigenvalue weighted by molar-refractivity contribution is 0.0694. The van der Waals surface area contributed by atoms with Crippen molar-refractivity contribution in [3.63, 3.8) is 0 Å². The van der Waals surface area contributed by atoms with Gasteiger partial charge in [0.05, 0.1) is 0 Å². The van der Waals surface area contributed by atoms with Crippen molar-refractivity contribution in [1.82, 2.24) is 29.6 Å². The van der Waals surface area contributed by atoms with Gasteiger partial charge < -0.3 is 15.7 Å². The van der Waals surface area contributed by atoms with Crippen molar-refractivity contribution >= 4 is 22.7 Å². The molecule has 3 N–H and O–H groups in total. The van der Waals surface area contributed by atoms with Gasteiger partial charge in [0.25, 0.3) is 5.56 Å². The first kappa shape index (κ1) is 25.0. The molecule has 1 aliphatic heterocycles. The molecule has 0 fully saturated rings. The molecular weight excluding hydrogens is 473 g/mol. The minimum Gasteiger partial charge on any atom is -0.384 e. The standard InChI is InChI=1S/C27H32FN7O2/c1-15(2)34-24(36)18-14-29-25(31-17-7-8-19-16(13-17)11-12-30-26(19,3)4)33-23(18)35(34)21-10-9-20(28)22(32-21)27(5,6)37/h7-10,13-15,30,37H,11-12H2,1-6H3,(H,29,31,33). The third kappa shape index (κ3) is 4.40. The molecular formula is C27H32FN7O2. The van der Waals surface area contributed by atoms with Crippen LogP contribution in [0, 0.1) is 5.82 Å². The maximum absolute atomic E-state index is 14.5. The number of nitrogens with one attached hydrogen (secondary N) is 2. The molecule has 4 heterocycles. The Labute approximate surface area is 214 Å². The van der Waals surface area contributed by atoms with E-state index in [4.69, 9.17) is 0 Å². The Morgan fingerprint density at radius 1 is 1.19 bits per heavy atom. The highest BCUT2D eigenvalue weighted by atomic mass is 19.1. The number of halogens is 1. The highest BCUT2D eigenvalue weighted by Gasteiger charge is 2.28. The Balaban J connectivity index is 1.63. The van der Waals surface area contributed by atoms with Gasteiger partial charge in [-0.1, -0.05) is 6.07 Å². The van der Waals surface area contributed by atoms with Crippen LogP contribution >= 0.6 is 0 Å². The van der Waals surface area contributed by atoms with E-state index in [0.717, 1.165) is 18.7 Å². The van der Waals surface area contributed by atoms with Gasteiger partial charge in [0.15, 0.2) is 11.5 Å². The van der Waals surface area contributed by atoms with Crippen molar-refractivity contribution in [2.75, 3.05) is 11.9 Å². The second-order valence-corrected chi connectivity index (χ2v) is 10.8. The van der Waals surface area contributed by atoms with Crippen molar-refractivity contribution in [1.29, 1.82) is 0 Å². The number of hydrogen-bond acceptors (Lipinski definition) is 7. The van der Waals surface area contributed by atoms with Crippen molar-refractivity contribution in [3.8, 4) is 5.82 Å². The smallest absolute Gasteiger partial charge is 0.278 e. The van der Waals surface area contributed by atoms with E-state index in [1.54, 1.807) is 4.68 Å². The highest BCUT2D eigenvalue weighted by Crippen LogP contribution is 2.31. The molecule has 0 bridgehead atoms. The molecule has 5 rings (SSSR count). The molecule has 9 nitrogen and oxygen atoms in total. The molecule has 10 heteroatoms. The molecule has 3 aromatic heterocycles. The van der Waals surface area contributed by atoms with E-state index in [1.165, 1.54) is 48.0 Å². The lowest BCUT2D eigenvalue weighted by atomic mass is 9.85. The average Bonchev–Trinajstić information content (AvgIpc) is 3.10. The second-order valence-electron chi connectivity index (χ2n) is 10.8. The summed E-state index contributed by atoms with van der Waals surface area (Å²) in [5.41, 5.74) is 1.69. The van der Waals surface area contributed by atoms with Gasteiger partial charge in [0, 0.05) is 23.5 Å². The monoisotopic (exact) mass is 505 g/mol. The van der Waals surface area contributed by atoms with Crippen LogP contribution in [-0.4, -0.2) is 36.0 Å². The average molecular weight is 506 g/mol. The van der Waals surface area contributed by atoms with E-state index in [1.807, 2.05) is 19.9 Å². The van der Waals surface area contributed by atoms with Crippen molar-refractivity contribution in [2.45, 2.75) is 65.1 Å². The maximum atomic E-state index is 14.5. The number of anilines is 2. The minimum absolute atomic E-state index is 0.0957. The van der Waals surface area contributed by atoms with E-state index in [2.05, 4.69) is 51.6 Å². The Bertz CT molecular complexity index is 1560. The van der Waals surface area contributed by atoms with Gasteiger partial charge in [-0.05, 0) is 89.9 Å². The predicted molar refractivity (Wildman–Crippen MR) is 141 cm³/mol. The van der Waals surface area contributed by atoms with Gasteiger partial charge >= 0.3 is 0 Å². The van der Waals surface area contributed by atoms with Gasteiger partial charge in [0.2, 0.25) is 5.95 Å². The van der Waals surface area contributed by atoms with Gasteiger partial charge in [0.1, 0.15) is 22.5 Å². The molecule has 0 atom stereocenters. The number of pyridine rings is 1. The molecule has 1 aliphatic rings. The molecule has 0 amide bonds. The third-order valence-corrected chi connectivity index (χ3v) is 6.74. The lowest BCUT2D eigenvalue weighted by Gasteiger charge is -2.34. The largest absolute Gasteiger partial charge is 0.384 e. The summed E-state index contributed by atoms with van der Waals surface area (Å²) in [5, 5.41) is 17.6. The molecule has 0 radical (unpaired) electrons. The van der Waals surface area contributed by atoms with Gasteiger partial charge in [-0.3, -0.25) is 4.79 Å². The molecule has 37 heavy (non-hydrogen) atoms. The number of rotatable bonds is 5. The molecule has 0 saturated carbocycles. The fraction of sp³-hybridized carbons (Fsp3) is 0.407. The summed E-state index contributed by atoms with van der Waals surface area (Å²) in [6.45, 7) is 11.9.